The van der Waals surface area contributed by atoms with Gasteiger partial charge in [-0.3, -0.25) is 0 Å². The molecule has 1 N–H and O–H groups in total. The number of benzene rings is 1. The van der Waals surface area contributed by atoms with Gasteiger partial charge in [-0.1, -0.05) is 30.3 Å². The minimum atomic E-state index is -2.95. The van der Waals surface area contributed by atoms with Gasteiger partial charge in [0, 0.05) is 12.6 Å². The predicted molar refractivity (Wildman–Crippen MR) is 83.7 cm³/mol. The summed E-state index contributed by atoms with van der Waals surface area (Å²) in [5, 5.41) is 3.24. The summed E-state index contributed by atoms with van der Waals surface area (Å²) in [4.78, 5) is 0. The molecule has 0 radical (unpaired) electrons. The van der Waals surface area contributed by atoms with Gasteiger partial charge >= 0.3 is 0 Å². The number of hydrogen-bond acceptors (Lipinski definition) is 3. The average molecular weight is 295 g/mol. The average Bonchev–Trinajstić information content (AvgIpc) is 3.23. The summed E-state index contributed by atoms with van der Waals surface area (Å²) in [6.45, 7) is 4.40. The largest absolute Gasteiger partial charge is 0.313 e. The monoisotopic (exact) mass is 295 g/mol. The second kappa shape index (κ2) is 6.72. The van der Waals surface area contributed by atoms with Crippen LogP contribution in [0.1, 0.15) is 44.6 Å². The maximum absolute atomic E-state index is 12.0. The second-order valence-electron chi connectivity index (χ2n) is 5.99. The molecule has 1 aliphatic rings. The molecule has 0 saturated heterocycles. The molecule has 2 rings (SSSR count). The molecule has 0 aliphatic heterocycles. The maximum atomic E-state index is 12.0. The van der Waals surface area contributed by atoms with E-state index in [2.05, 4.69) is 17.4 Å². The van der Waals surface area contributed by atoms with E-state index >= 15 is 0 Å². The van der Waals surface area contributed by atoms with E-state index in [1.165, 1.54) is 18.4 Å². The predicted octanol–water partition coefficient (Wildman–Crippen LogP) is 2.74. The zero-order valence-corrected chi connectivity index (χ0v) is 13.2. The summed E-state index contributed by atoms with van der Waals surface area (Å²) in [6.07, 6.45) is 3.21. The van der Waals surface area contributed by atoms with Crippen LogP contribution in [0.3, 0.4) is 0 Å². The maximum Gasteiger partial charge on any atom is 0.152 e. The van der Waals surface area contributed by atoms with E-state index in [1.54, 1.807) is 13.8 Å². The van der Waals surface area contributed by atoms with Crippen LogP contribution < -0.4 is 5.32 Å². The Balaban J connectivity index is 1.98. The summed E-state index contributed by atoms with van der Waals surface area (Å²) < 4.78 is 24.0. The topological polar surface area (TPSA) is 46.2 Å². The fraction of sp³-hybridized carbons (Fsp3) is 0.625. The summed E-state index contributed by atoms with van der Waals surface area (Å²) >= 11 is 0. The van der Waals surface area contributed by atoms with Crippen molar-refractivity contribution in [2.75, 3.05) is 12.3 Å². The van der Waals surface area contributed by atoms with Gasteiger partial charge in [0.2, 0.25) is 0 Å². The molecule has 112 valence electrons. The van der Waals surface area contributed by atoms with Crippen LogP contribution in [0, 0.1) is 0 Å². The normalized spacial score (nSPS) is 17.4. The lowest BCUT2D eigenvalue weighted by Crippen LogP contribution is -2.26. The first-order chi connectivity index (χ1) is 9.49. The van der Waals surface area contributed by atoms with Crippen molar-refractivity contribution in [2.24, 2.45) is 0 Å². The molecule has 1 aromatic rings. The quantitative estimate of drug-likeness (QED) is 0.802. The second-order valence-corrected chi connectivity index (χ2v) is 8.67. The van der Waals surface area contributed by atoms with Crippen molar-refractivity contribution < 1.29 is 8.42 Å². The Morgan fingerprint density at radius 1 is 1.20 bits per heavy atom. The van der Waals surface area contributed by atoms with Gasteiger partial charge in [-0.15, -0.1) is 0 Å². The lowest BCUT2D eigenvalue weighted by Gasteiger charge is -2.19. The molecule has 1 fully saturated rings. The molecule has 1 aromatic carbocycles. The van der Waals surface area contributed by atoms with Crippen LogP contribution in [-0.2, 0) is 9.84 Å². The zero-order valence-electron chi connectivity index (χ0n) is 12.4. The highest BCUT2D eigenvalue weighted by molar-refractivity contribution is 7.91. The van der Waals surface area contributed by atoms with Crippen molar-refractivity contribution >= 4 is 9.84 Å². The highest BCUT2D eigenvalue weighted by Crippen LogP contribution is 2.24. The Morgan fingerprint density at radius 3 is 2.40 bits per heavy atom. The number of rotatable bonds is 8. The van der Waals surface area contributed by atoms with Crippen LogP contribution in [0.15, 0.2) is 30.3 Å². The van der Waals surface area contributed by atoms with Gasteiger partial charge in [0.1, 0.15) is 0 Å². The summed E-state index contributed by atoms with van der Waals surface area (Å²) in [5.74, 6) is 0.557. The Labute approximate surface area is 122 Å². The first-order valence-corrected chi connectivity index (χ1v) is 9.20. The third-order valence-corrected chi connectivity index (χ3v) is 6.21. The lowest BCUT2D eigenvalue weighted by atomic mass is 9.96. The molecule has 0 aromatic heterocycles. The molecule has 1 saturated carbocycles. The van der Waals surface area contributed by atoms with Gasteiger partial charge in [-0.05, 0) is 44.6 Å². The van der Waals surface area contributed by atoms with Crippen molar-refractivity contribution in [3.8, 4) is 0 Å². The van der Waals surface area contributed by atoms with Crippen molar-refractivity contribution in [3.05, 3.63) is 35.9 Å². The third-order valence-electron chi connectivity index (χ3n) is 3.97. The first kappa shape index (κ1) is 15.5. The summed E-state index contributed by atoms with van der Waals surface area (Å²) in [7, 11) is -2.95. The van der Waals surface area contributed by atoms with E-state index in [0.717, 1.165) is 6.54 Å². The van der Waals surface area contributed by atoms with Crippen LogP contribution in [0.2, 0.25) is 0 Å². The Bertz CT molecular complexity index is 507. The van der Waals surface area contributed by atoms with Crippen molar-refractivity contribution in [3.63, 3.8) is 0 Å². The number of hydrogen-bond donors (Lipinski definition) is 1. The Kier molecular flexibility index (Phi) is 5.22. The van der Waals surface area contributed by atoms with E-state index in [9.17, 15) is 8.42 Å². The minimum absolute atomic E-state index is 0.274. The molecule has 3 nitrogen and oxygen atoms in total. The van der Waals surface area contributed by atoms with Crippen LogP contribution in [0.4, 0.5) is 0 Å². The SMILES string of the molecule is CC(C)S(=O)(=O)CCC(CNC1CC1)c1ccccc1. The van der Waals surface area contributed by atoms with E-state index in [0.29, 0.717) is 12.5 Å². The highest BCUT2D eigenvalue weighted by Gasteiger charge is 2.24. The molecule has 0 bridgehead atoms. The van der Waals surface area contributed by atoms with E-state index in [4.69, 9.17) is 0 Å². The van der Waals surface area contributed by atoms with Gasteiger partial charge in [0.25, 0.3) is 0 Å². The fourth-order valence-corrected chi connectivity index (χ4v) is 3.33. The molecular weight excluding hydrogens is 270 g/mol. The number of sulfone groups is 1. The van der Waals surface area contributed by atoms with Gasteiger partial charge < -0.3 is 5.32 Å². The van der Waals surface area contributed by atoms with Crippen LogP contribution in [0.25, 0.3) is 0 Å². The fourth-order valence-electron chi connectivity index (χ4n) is 2.25. The third kappa shape index (κ3) is 4.60. The lowest BCUT2D eigenvalue weighted by molar-refractivity contribution is 0.550. The van der Waals surface area contributed by atoms with Gasteiger partial charge in [0.15, 0.2) is 9.84 Å². The Hall–Kier alpha value is -0.870. The molecule has 0 amide bonds. The molecule has 1 aliphatic carbocycles. The smallest absolute Gasteiger partial charge is 0.152 e. The molecule has 1 atom stereocenters. The van der Waals surface area contributed by atoms with Crippen LogP contribution in [0.5, 0.6) is 0 Å². The van der Waals surface area contributed by atoms with Gasteiger partial charge in [-0.25, -0.2) is 8.42 Å². The van der Waals surface area contributed by atoms with Gasteiger partial charge in [-0.2, -0.15) is 0 Å². The first-order valence-electron chi connectivity index (χ1n) is 7.49. The molecule has 1 unspecified atom stereocenters. The van der Waals surface area contributed by atoms with Gasteiger partial charge in [0.05, 0.1) is 11.0 Å². The molecule has 0 spiro atoms. The minimum Gasteiger partial charge on any atom is -0.313 e. The van der Waals surface area contributed by atoms with E-state index in [-0.39, 0.29) is 16.9 Å². The van der Waals surface area contributed by atoms with Crippen molar-refractivity contribution in [1.82, 2.24) is 5.32 Å². The van der Waals surface area contributed by atoms with Crippen LogP contribution in [-0.4, -0.2) is 32.0 Å². The standard InChI is InChI=1S/C16H25NO2S/c1-13(2)20(18,19)11-10-15(12-17-16-8-9-16)14-6-4-3-5-7-14/h3-7,13,15-17H,8-12H2,1-2H3. The Morgan fingerprint density at radius 2 is 1.85 bits per heavy atom. The molecule has 20 heavy (non-hydrogen) atoms. The summed E-state index contributed by atoms with van der Waals surface area (Å²) in [6, 6.07) is 10.9. The molecule has 4 heteroatoms. The van der Waals surface area contributed by atoms with E-state index < -0.39 is 9.84 Å². The number of nitrogens with one attached hydrogen (secondary N) is 1. The van der Waals surface area contributed by atoms with Crippen molar-refractivity contribution in [1.29, 1.82) is 0 Å². The van der Waals surface area contributed by atoms with Crippen molar-refractivity contribution in [2.45, 2.75) is 50.3 Å². The molecular formula is C16H25NO2S. The van der Waals surface area contributed by atoms with Crippen LogP contribution >= 0.6 is 0 Å². The highest BCUT2D eigenvalue weighted by atomic mass is 32.2. The summed E-state index contributed by atoms with van der Waals surface area (Å²) in [5.41, 5.74) is 1.24. The molecule has 0 heterocycles. The zero-order chi connectivity index (χ0) is 14.6. The van der Waals surface area contributed by atoms with E-state index in [1.807, 2.05) is 18.2 Å².